The molecule has 0 fully saturated rings. The summed E-state index contributed by atoms with van der Waals surface area (Å²) in [5, 5.41) is 0. The van der Waals surface area contributed by atoms with Crippen molar-refractivity contribution in [2.45, 2.75) is 13.3 Å². The van der Waals surface area contributed by atoms with Crippen molar-refractivity contribution >= 4 is 5.78 Å². The minimum absolute atomic E-state index is 0.0926. The third-order valence-corrected chi connectivity index (χ3v) is 2.39. The highest BCUT2D eigenvalue weighted by Crippen LogP contribution is 2.41. The van der Waals surface area contributed by atoms with Crippen LogP contribution in [-0.4, -0.2) is 26.1 Å². The molecule has 0 radical (unpaired) electrons. The molecule has 0 aliphatic carbocycles. The van der Waals surface area contributed by atoms with Crippen molar-refractivity contribution in [3.05, 3.63) is 17.7 Å². The van der Waals surface area contributed by atoms with E-state index in [0.717, 1.165) is 5.56 Å². The Morgan fingerprint density at radius 1 is 1.38 bits per heavy atom. The fourth-order valence-electron chi connectivity index (χ4n) is 1.76. The van der Waals surface area contributed by atoms with Crippen LogP contribution in [0, 0.1) is 0 Å². The second-order valence-electron chi connectivity index (χ2n) is 3.66. The highest BCUT2D eigenvalue weighted by Gasteiger charge is 2.20. The minimum Gasteiger partial charge on any atom is -0.492 e. The Balaban J connectivity index is 2.43. The van der Waals surface area contributed by atoms with E-state index in [1.165, 1.54) is 0 Å². The first-order chi connectivity index (χ1) is 7.72. The first-order valence-corrected chi connectivity index (χ1v) is 5.17. The second-order valence-corrected chi connectivity index (χ2v) is 3.66. The van der Waals surface area contributed by atoms with Crippen LogP contribution in [0.15, 0.2) is 12.1 Å². The van der Waals surface area contributed by atoms with Crippen LogP contribution in [0.4, 0.5) is 0 Å². The van der Waals surface area contributed by atoms with Crippen LogP contribution in [0.3, 0.4) is 0 Å². The summed E-state index contributed by atoms with van der Waals surface area (Å²) in [6.07, 6.45) is 0.347. The molecule has 1 heterocycles. The predicted octanol–water partition coefficient (Wildman–Crippen LogP) is 1.60. The number of ketones is 1. The molecule has 1 aliphatic rings. The lowest BCUT2D eigenvalue weighted by Gasteiger charge is -2.21. The quantitative estimate of drug-likeness (QED) is 0.779. The fourth-order valence-corrected chi connectivity index (χ4v) is 1.76. The van der Waals surface area contributed by atoms with E-state index in [4.69, 9.17) is 14.2 Å². The molecule has 86 valence electrons. The topological polar surface area (TPSA) is 44.8 Å². The van der Waals surface area contributed by atoms with Gasteiger partial charge >= 0.3 is 0 Å². The van der Waals surface area contributed by atoms with Crippen molar-refractivity contribution in [2.75, 3.05) is 20.3 Å². The van der Waals surface area contributed by atoms with E-state index in [2.05, 4.69) is 0 Å². The smallest absolute Gasteiger partial charge is 0.203 e. The molecular weight excluding hydrogens is 208 g/mol. The van der Waals surface area contributed by atoms with Crippen LogP contribution in [0.5, 0.6) is 17.2 Å². The summed E-state index contributed by atoms with van der Waals surface area (Å²) >= 11 is 0. The number of hydrogen-bond donors (Lipinski definition) is 0. The van der Waals surface area contributed by atoms with Gasteiger partial charge in [0.2, 0.25) is 5.75 Å². The summed E-state index contributed by atoms with van der Waals surface area (Å²) in [7, 11) is 1.57. The Morgan fingerprint density at radius 3 is 2.81 bits per heavy atom. The number of fused-ring (bicyclic) bond motifs is 1. The molecule has 2 rings (SSSR count). The standard InChI is InChI=1S/C12H14O4/c1-8(13)7-9-3-4-10-12(11(9)14-2)16-6-5-15-10/h3-4H,5-7H2,1-2H3. The third kappa shape index (κ3) is 1.96. The Kier molecular flexibility index (Phi) is 2.99. The van der Waals surface area contributed by atoms with E-state index in [1.807, 2.05) is 12.1 Å². The van der Waals surface area contributed by atoms with E-state index in [-0.39, 0.29) is 5.78 Å². The van der Waals surface area contributed by atoms with Crippen molar-refractivity contribution in [3.8, 4) is 17.2 Å². The van der Waals surface area contributed by atoms with Crippen LogP contribution in [0.1, 0.15) is 12.5 Å². The number of ether oxygens (including phenoxy) is 3. The van der Waals surface area contributed by atoms with Gasteiger partial charge in [0, 0.05) is 12.0 Å². The monoisotopic (exact) mass is 222 g/mol. The zero-order valence-corrected chi connectivity index (χ0v) is 9.41. The van der Waals surface area contributed by atoms with Gasteiger partial charge in [0.25, 0.3) is 0 Å². The van der Waals surface area contributed by atoms with Crippen LogP contribution in [0.2, 0.25) is 0 Å². The lowest BCUT2D eigenvalue weighted by molar-refractivity contribution is -0.116. The number of Topliss-reactive ketones (excluding diaryl/α,β-unsaturated/α-hetero) is 1. The molecular formula is C12H14O4. The summed E-state index contributed by atoms with van der Waals surface area (Å²) in [5.41, 5.74) is 0.833. The molecule has 4 nitrogen and oxygen atoms in total. The maximum atomic E-state index is 11.1. The molecule has 1 aromatic carbocycles. The van der Waals surface area contributed by atoms with E-state index in [0.29, 0.717) is 36.9 Å². The van der Waals surface area contributed by atoms with Gasteiger partial charge in [-0.25, -0.2) is 0 Å². The molecule has 0 atom stereocenters. The molecule has 0 saturated carbocycles. The van der Waals surface area contributed by atoms with E-state index < -0.39 is 0 Å². The third-order valence-electron chi connectivity index (χ3n) is 2.39. The largest absolute Gasteiger partial charge is 0.492 e. The zero-order valence-electron chi connectivity index (χ0n) is 9.41. The molecule has 0 saturated heterocycles. The van der Waals surface area contributed by atoms with E-state index in [1.54, 1.807) is 14.0 Å². The van der Waals surface area contributed by atoms with E-state index >= 15 is 0 Å². The van der Waals surface area contributed by atoms with Crippen LogP contribution < -0.4 is 14.2 Å². The maximum absolute atomic E-state index is 11.1. The normalized spacial score (nSPS) is 13.4. The SMILES string of the molecule is COc1c(CC(C)=O)ccc2c1OCCO2. The van der Waals surface area contributed by atoms with Crippen molar-refractivity contribution in [3.63, 3.8) is 0 Å². The highest BCUT2D eigenvalue weighted by atomic mass is 16.6. The Hall–Kier alpha value is -1.71. The van der Waals surface area contributed by atoms with Crippen LogP contribution >= 0.6 is 0 Å². The number of carbonyl (C=O) groups excluding carboxylic acids is 1. The molecule has 0 N–H and O–H groups in total. The summed E-state index contributed by atoms with van der Waals surface area (Å²) in [4.78, 5) is 11.1. The number of carbonyl (C=O) groups is 1. The van der Waals surface area contributed by atoms with Crippen molar-refractivity contribution < 1.29 is 19.0 Å². The lowest BCUT2D eigenvalue weighted by atomic mass is 10.1. The predicted molar refractivity (Wildman–Crippen MR) is 58.4 cm³/mol. The number of benzene rings is 1. The molecule has 0 spiro atoms. The number of methoxy groups -OCH3 is 1. The summed E-state index contributed by atoms with van der Waals surface area (Å²) in [6, 6.07) is 3.66. The lowest BCUT2D eigenvalue weighted by Crippen LogP contribution is -2.16. The van der Waals surface area contributed by atoms with Gasteiger partial charge < -0.3 is 14.2 Å². The van der Waals surface area contributed by atoms with Gasteiger partial charge in [-0.2, -0.15) is 0 Å². The van der Waals surface area contributed by atoms with Gasteiger partial charge in [-0.05, 0) is 13.0 Å². The fraction of sp³-hybridized carbons (Fsp3) is 0.417. The summed E-state index contributed by atoms with van der Waals surface area (Å²) in [5.74, 6) is 1.98. The molecule has 0 amide bonds. The van der Waals surface area contributed by atoms with Gasteiger partial charge in [-0.3, -0.25) is 4.79 Å². The minimum atomic E-state index is 0.0926. The first kappa shape index (κ1) is 10.8. The van der Waals surface area contributed by atoms with Crippen LogP contribution in [0.25, 0.3) is 0 Å². The Bertz CT molecular complexity index is 412. The molecule has 0 aromatic heterocycles. The van der Waals surface area contributed by atoms with Gasteiger partial charge in [0.05, 0.1) is 7.11 Å². The van der Waals surface area contributed by atoms with Gasteiger partial charge in [-0.1, -0.05) is 6.07 Å². The Morgan fingerprint density at radius 2 is 2.12 bits per heavy atom. The molecule has 4 heteroatoms. The molecule has 0 bridgehead atoms. The van der Waals surface area contributed by atoms with Crippen molar-refractivity contribution in [1.29, 1.82) is 0 Å². The zero-order chi connectivity index (χ0) is 11.5. The number of rotatable bonds is 3. The van der Waals surface area contributed by atoms with Gasteiger partial charge in [0.1, 0.15) is 19.0 Å². The first-order valence-electron chi connectivity index (χ1n) is 5.17. The van der Waals surface area contributed by atoms with Crippen molar-refractivity contribution in [1.82, 2.24) is 0 Å². The summed E-state index contributed by atoms with van der Waals surface area (Å²) < 4.78 is 16.2. The van der Waals surface area contributed by atoms with Gasteiger partial charge in [-0.15, -0.1) is 0 Å². The van der Waals surface area contributed by atoms with Crippen molar-refractivity contribution in [2.24, 2.45) is 0 Å². The molecule has 16 heavy (non-hydrogen) atoms. The maximum Gasteiger partial charge on any atom is 0.203 e. The second kappa shape index (κ2) is 4.43. The molecule has 1 aromatic rings. The van der Waals surface area contributed by atoms with E-state index in [9.17, 15) is 4.79 Å². The average molecular weight is 222 g/mol. The number of hydrogen-bond acceptors (Lipinski definition) is 4. The molecule has 0 unspecified atom stereocenters. The molecule has 1 aliphatic heterocycles. The highest BCUT2D eigenvalue weighted by molar-refractivity contribution is 5.79. The average Bonchev–Trinajstić information content (AvgIpc) is 2.28. The van der Waals surface area contributed by atoms with Gasteiger partial charge in [0.15, 0.2) is 11.5 Å². The van der Waals surface area contributed by atoms with Crippen LogP contribution in [-0.2, 0) is 11.2 Å². The summed E-state index contributed by atoms with van der Waals surface area (Å²) in [6.45, 7) is 2.60. The Labute approximate surface area is 94.1 Å².